The molecular weight excluding hydrogens is 318 g/mol. The standard InChI is InChI=1S/C19H27N3O3/c1-14(2)10-17(23)20-8-9-21-19(25)16-11-18(24)22(13-16)12-15-6-4-3-5-7-15/h3-7,14,16H,8-13H2,1-2H3,(H,20,23)(H,21,25). The second kappa shape index (κ2) is 9.20. The molecule has 0 bridgehead atoms. The molecule has 1 fully saturated rings. The number of amides is 3. The molecule has 136 valence electrons. The SMILES string of the molecule is CC(C)CC(=O)NCCNC(=O)C1CC(=O)N(Cc2ccccc2)C1. The van der Waals surface area contributed by atoms with E-state index in [2.05, 4.69) is 10.6 Å². The number of carbonyl (C=O) groups excluding carboxylic acids is 3. The number of nitrogens with one attached hydrogen (secondary N) is 2. The molecule has 1 atom stereocenters. The lowest BCUT2D eigenvalue weighted by Crippen LogP contribution is -2.38. The summed E-state index contributed by atoms with van der Waals surface area (Å²) in [6, 6.07) is 9.76. The summed E-state index contributed by atoms with van der Waals surface area (Å²) in [6.45, 7) is 5.74. The number of benzene rings is 1. The van der Waals surface area contributed by atoms with E-state index in [4.69, 9.17) is 0 Å². The zero-order valence-electron chi connectivity index (χ0n) is 15.0. The lowest BCUT2D eigenvalue weighted by Gasteiger charge is -2.16. The third kappa shape index (κ3) is 6.21. The van der Waals surface area contributed by atoms with Crippen LogP contribution in [0.1, 0.15) is 32.3 Å². The zero-order chi connectivity index (χ0) is 18.2. The maximum absolute atomic E-state index is 12.2. The number of carbonyl (C=O) groups is 3. The van der Waals surface area contributed by atoms with Crippen molar-refractivity contribution in [3.63, 3.8) is 0 Å². The van der Waals surface area contributed by atoms with E-state index in [1.54, 1.807) is 4.90 Å². The van der Waals surface area contributed by atoms with Gasteiger partial charge in [0.25, 0.3) is 0 Å². The molecule has 6 nitrogen and oxygen atoms in total. The summed E-state index contributed by atoms with van der Waals surface area (Å²) in [5, 5.41) is 5.58. The van der Waals surface area contributed by atoms with Gasteiger partial charge >= 0.3 is 0 Å². The largest absolute Gasteiger partial charge is 0.354 e. The van der Waals surface area contributed by atoms with Gasteiger partial charge in [-0.1, -0.05) is 44.2 Å². The number of likely N-dealkylation sites (tertiary alicyclic amines) is 1. The van der Waals surface area contributed by atoms with E-state index in [0.29, 0.717) is 38.5 Å². The highest BCUT2D eigenvalue weighted by molar-refractivity contribution is 5.89. The minimum atomic E-state index is -0.317. The highest BCUT2D eigenvalue weighted by Gasteiger charge is 2.33. The van der Waals surface area contributed by atoms with Crippen LogP contribution >= 0.6 is 0 Å². The zero-order valence-corrected chi connectivity index (χ0v) is 15.0. The number of hydrogen-bond donors (Lipinski definition) is 2. The highest BCUT2D eigenvalue weighted by Crippen LogP contribution is 2.20. The van der Waals surface area contributed by atoms with Crippen LogP contribution in [-0.4, -0.2) is 42.3 Å². The molecule has 3 amide bonds. The molecule has 0 spiro atoms. The van der Waals surface area contributed by atoms with Crippen LogP contribution in [0, 0.1) is 11.8 Å². The van der Waals surface area contributed by atoms with E-state index < -0.39 is 0 Å². The van der Waals surface area contributed by atoms with Crippen LogP contribution in [0.2, 0.25) is 0 Å². The summed E-state index contributed by atoms with van der Waals surface area (Å²) < 4.78 is 0. The molecule has 0 aromatic heterocycles. The van der Waals surface area contributed by atoms with E-state index in [9.17, 15) is 14.4 Å². The molecule has 0 saturated carbocycles. The number of rotatable bonds is 8. The average molecular weight is 345 g/mol. The number of hydrogen-bond acceptors (Lipinski definition) is 3. The van der Waals surface area contributed by atoms with Gasteiger partial charge < -0.3 is 15.5 Å². The topological polar surface area (TPSA) is 78.5 Å². The fourth-order valence-electron chi connectivity index (χ4n) is 2.88. The van der Waals surface area contributed by atoms with Crippen LogP contribution in [0.4, 0.5) is 0 Å². The molecule has 2 rings (SSSR count). The smallest absolute Gasteiger partial charge is 0.225 e. The summed E-state index contributed by atoms with van der Waals surface area (Å²) in [5.41, 5.74) is 1.06. The summed E-state index contributed by atoms with van der Waals surface area (Å²) >= 11 is 0. The Morgan fingerprint density at radius 3 is 2.52 bits per heavy atom. The molecule has 6 heteroatoms. The van der Waals surface area contributed by atoms with Crippen molar-refractivity contribution in [2.75, 3.05) is 19.6 Å². The predicted octanol–water partition coefficient (Wildman–Crippen LogP) is 1.31. The van der Waals surface area contributed by atoms with Crippen LogP contribution < -0.4 is 10.6 Å². The molecule has 0 radical (unpaired) electrons. The molecule has 1 aliphatic heterocycles. The summed E-state index contributed by atoms with van der Waals surface area (Å²) in [5.74, 6) is -0.122. The van der Waals surface area contributed by atoms with Gasteiger partial charge in [0.1, 0.15) is 0 Å². The van der Waals surface area contributed by atoms with Crippen LogP contribution in [0.5, 0.6) is 0 Å². The fraction of sp³-hybridized carbons (Fsp3) is 0.526. The molecule has 1 aromatic carbocycles. The Morgan fingerprint density at radius 2 is 1.84 bits per heavy atom. The first-order valence-corrected chi connectivity index (χ1v) is 8.82. The van der Waals surface area contributed by atoms with E-state index >= 15 is 0 Å². The van der Waals surface area contributed by atoms with Crippen molar-refractivity contribution in [2.24, 2.45) is 11.8 Å². The van der Waals surface area contributed by atoms with Crippen molar-refractivity contribution >= 4 is 17.7 Å². The van der Waals surface area contributed by atoms with Crippen LogP contribution in [0.25, 0.3) is 0 Å². The van der Waals surface area contributed by atoms with Gasteiger partial charge in [0, 0.05) is 39.0 Å². The monoisotopic (exact) mass is 345 g/mol. The van der Waals surface area contributed by atoms with Crippen LogP contribution in [-0.2, 0) is 20.9 Å². The first-order valence-electron chi connectivity index (χ1n) is 8.82. The second-order valence-electron chi connectivity index (χ2n) is 6.90. The minimum Gasteiger partial charge on any atom is -0.354 e. The molecular formula is C19H27N3O3. The van der Waals surface area contributed by atoms with Gasteiger partial charge in [-0.15, -0.1) is 0 Å². The lowest BCUT2D eigenvalue weighted by atomic mass is 10.1. The lowest BCUT2D eigenvalue weighted by molar-refractivity contribution is -0.129. The van der Waals surface area contributed by atoms with E-state index in [1.165, 1.54) is 0 Å². The maximum Gasteiger partial charge on any atom is 0.225 e. The van der Waals surface area contributed by atoms with Crippen molar-refractivity contribution in [3.05, 3.63) is 35.9 Å². The fourth-order valence-corrected chi connectivity index (χ4v) is 2.88. The Hall–Kier alpha value is -2.37. The van der Waals surface area contributed by atoms with E-state index in [-0.39, 0.29) is 30.1 Å². The minimum absolute atomic E-state index is 0.00525. The first-order chi connectivity index (χ1) is 12.0. The van der Waals surface area contributed by atoms with E-state index in [0.717, 1.165) is 5.56 Å². The van der Waals surface area contributed by atoms with E-state index in [1.807, 2.05) is 44.2 Å². The third-order valence-corrected chi connectivity index (χ3v) is 4.14. The molecule has 0 aliphatic carbocycles. The van der Waals surface area contributed by atoms with Gasteiger partial charge in [0.2, 0.25) is 17.7 Å². The molecule has 1 aromatic rings. The summed E-state index contributed by atoms with van der Waals surface area (Å²) in [4.78, 5) is 37.6. The van der Waals surface area contributed by atoms with Crippen molar-refractivity contribution in [1.82, 2.24) is 15.5 Å². The normalized spacial score (nSPS) is 17.0. The van der Waals surface area contributed by atoms with Gasteiger partial charge in [0.15, 0.2) is 0 Å². The average Bonchev–Trinajstić information content (AvgIpc) is 2.93. The van der Waals surface area contributed by atoms with Gasteiger partial charge in [0.05, 0.1) is 5.92 Å². The molecule has 25 heavy (non-hydrogen) atoms. The van der Waals surface area contributed by atoms with Crippen molar-refractivity contribution in [3.8, 4) is 0 Å². The van der Waals surface area contributed by atoms with Gasteiger partial charge in [-0.25, -0.2) is 0 Å². The van der Waals surface area contributed by atoms with Crippen molar-refractivity contribution < 1.29 is 14.4 Å². The van der Waals surface area contributed by atoms with Crippen molar-refractivity contribution in [1.29, 1.82) is 0 Å². The molecule has 1 unspecified atom stereocenters. The Kier molecular flexibility index (Phi) is 6.98. The highest BCUT2D eigenvalue weighted by atomic mass is 16.2. The first kappa shape index (κ1) is 19.0. The Morgan fingerprint density at radius 1 is 1.16 bits per heavy atom. The molecule has 1 heterocycles. The van der Waals surface area contributed by atoms with Crippen molar-refractivity contribution in [2.45, 2.75) is 33.2 Å². The van der Waals surface area contributed by atoms with Gasteiger partial charge in [-0.2, -0.15) is 0 Å². The summed E-state index contributed by atoms with van der Waals surface area (Å²) in [6.07, 6.45) is 0.734. The van der Waals surface area contributed by atoms with Gasteiger partial charge in [-0.3, -0.25) is 14.4 Å². The molecule has 2 N–H and O–H groups in total. The van der Waals surface area contributed by atoms with Crippen LogP contribution in [0.3, 0.4) is 0 Å². The predicted molar refractivity (Wildman–Crippen MR) is 95.4 cm³/mol. The molecule has 1 aliphatic rings. The summed E-state index contributed by atoms with van der Waals surface area (Å²) in [7, 11) is 0. The third-order valence-electron chi connectivity index (χ3n) is 4.14. The number of nitrogens with zero attached hydrogens (tertiary/aromatic N) is 1. The Bertz CT molecular complexity index is 601. The van der Waals surface area contributed by atoms with Gasteiger partial charge in [-0.05, 0) is 11.5 Å². The maximum atomic E-state index is 12.2. The second-order valence-corrected chi connectivity index (χ2v) is 6.90. The molecule has 1 saturated heterocycles. The van der Waals surface area contributed by atoms with Crippen LogP contribution in [0.15, 0.2) is 30.3 Å². The quantitative estimate of drug-likeness (QED) is 0.698. The Labute approximate surface area is 149 Å². The Balaban J connectivity index is 1.70.